The second-order valence-electron chi connectivity index (χ2n) is 7.73. The van der Waals surface area contributed by atoms with Crippen molar-refractivity contribution in [3.63, 3.8) is 0 Å². The highest BCUT2D eigenvalue weighted by atomic mass is 32.1. The molecule has 0 bridgehead atoms. The van der Waals surface area contributed by atoms with Crippen molar-refractivity contribution >= 4 is 22.4 Å². The number of nitrogens with zero attached hydrogens (tertiary/aromatic N) is 2. The van der Waals surface area contributed by atoms with E-state index in [2.05, 4.69) is 50.8 Å². The Morgan fingerprint density at radius 3 is 2.58 bits per heavy atom. The van der Waals surface area contributed by atoms with Crippen LogP contribution in [0, 0.1) is 0 Å². The zero-order chi connectivity index (χ0) is 21.5. The molecule has 1 aliphatic rings. The number of thiazole rings is 1. The van der Waals surface area contributed by atoms with E-state index in [0.29, 0.717) is 17.7 Å². The van der Waals surface area contributed by atoms with E-state index >= 15 is 0 Å². The summed E-state index contributed by atoms with van der Waals surface area (Å²) in [5.41, 5.74) is 3.20. The summed E-state index contributed by atoms with van der Waals surface area (Å²) in [7, 11) is 1.65. The van der Waals surface area contributed by atoms with Gasteiger partial charge in [0.25, 0.3) is 0 Å². The van der Waals surface area contributed by atoms with Gasteiger partial charge in [0.1, 0.15) is 5.75 Å². The molecule has 3 aromatic rings. The standard InChI is InChI=1S/C24H28N4O2S/c1-30-21-9-7-19(8-10-21)22-17-31-24(26-22)27-23(29)15-25-20-11-13-28(14-12-20)16-18-5-3-2-4-6-18/h2-10,17,20,25H,11-16H2,1H3,(H,26,27,29). The van der Waals surface area contributed by atoms with Crippen molar-refractivity contribution in [2.45, 2.75) is 25.4 Å². The van der Waals surface area contributed by atoms with E-state index in [1.165, 1.54) is 16.9 Å². The summed E-state index contributed by atoms with van der Waals surface area (Å²) in [4.78, 5) is 19.4. The Labute approximate surface area is 187 Å². The predicted molar refractivity (Wildman–Crippen MR) is 125 cm³/mol. The third-order valence-corrected chi connectivity index (χ3v) is 6.28. The molecule has 31 heavy (non-hydrogen) atoms. The number of carbonyl (C=O) groups excluding carboxylic acids is 1. The summed E-state index contributed by atoms with van der Waals surface area (Å²) >= 11 is 1.44. The number of piperidine rings is 1. The van der Waals surface area contributed by atoms with Crippen molar-refractivity contribution in [2.75, 3.05) is 32.1 Å². The van der Waals surface area contributed by atoms with Gasteiger partial charge in [0, 0.05) is 23.5 Å². The van der Waals surface area contributed by atoms with Crippen LogP contribution in [-0.2, 0) is 11.3 Å². The van der Waals surface area contributed by atoms with Crippen molar-refractivity contribution in [3.05, 3.63) is 65.5 Å². The van der Waals surface area contributed by atoms with Crippen molar-refractivity contribution in [1.29, 1.82) is 0 Å². The lowest BCUT2D eigenvalue weighted by Crippen LogP contribution is -2.44. The first-order chi connectivity index (χ1) is 15.2. The maximum absolute atomic E-state index is 12.4. The molecular weight excluding hydrogens is 408 g/mol. The van der Waals surface area contributed by atoms with E-state index in [4.69, 9.17) is 4.74 Å². The number of rotatable bonds is 8. The molecule has 2 aromatic carbocycles. The van der Waals surface area contributed by atoms with Crippen LogP contribution in [0.25, 0.3) is 11.3 Å². The van der Waals surface area contributed by atoms with Crippen LogP contribution in [0.3, 0.4) is 0 Å². The lowest BCUT2D eigenvalue weighted by atomic mass is 10.0. The molecule has 2 heterocycles. The van der Waals surface area contributed by atoms with Crippen LogP contribution in [0.4, 0.5) is 5.13 Å². The SMILES string of the molecule is COc1ccc(-c2csc(NC(=O)CNC3CCN(Cc4ccccc4)CC3)n2)cc1. The van der Waals surface area contributed by atoms with E-state index in [9.17, 15) is 4.79 Å². The minimum absolute atomic E-state index is 0.0534. The lowest BCUT2D eigenvalue weighted by Gasteiger charge is -2.32. The molecule has 1 saturated heterocycles. The van der Waals surface area contributed by atoms with Crippen molar-refractivity contribution < 1.29 is 9.53 Å². The van der Waals surface area contributed by atoms with Crippen molar-refractivity contribution in [1.82, 2.24) is 15.2 Å². The minimum Gasteiger partial charge on any atom is -0.497 e. The zero-order valence-corrected chi connectivity index (χ0v) is 18.5. The van der Waals surface area contributed by atoms with Crippen molar-refractivity contribution in [2.24, 2.45) is 0 Å². The Balaban J connectivity index is 1.19. The van der Waals surface area contributed by atoms with Crippen LogP contribution >= 0.6 is 11.3 Å². The van der Waals surface area contributed by atoms with Gasteiger partial charge in [0.05, 0.1) is 19.3 Å². The maximum atomic E-state index is 12.4. The van der Waals surface area contributed by atoms with E-state index in [0.717, 1.165) is 49.5 Å². The van der Waals surface area contributed by atoms with Gasteiger partial charge in [0.15, 0.2) is 5.13 Å². The first-order valence-corrected chi connectivity index (χ1v) is 11.5. The molecule has 4 rings (SSSR count). The van der Waals surface area contributed by atoms with E-state index in [-0.39, 0.29) is 5.91 Å². The fraction of sp³-hybridized carbons (Fsp3) is 0.333. The molecular formula is C24H28N4O2S. The number of likely N-dealkylation sites (tertiary alicyclic amines) is 1. The molecule has 1 amide bonds. The molecule has 162 valence electrons. The molecule has 0 saturated carbocycles. The van der Waals surface area contributed by atoms with Gasteiger partial charge in [-0.3, -0.25) is 9.69 Å². The number of carbonyl (C=O) groups is 1. The Bertz CT molecular complexity index is 967. The highest BCUT2D eigenvalue weighted by Gasteiger charge is 2.19. The Morgan fingerprint density at radius 2 is 1.87 bits per heavy atom. The molecule has 0 radical (unpaired) electrons. The first kappa shape index (κ1) is 21.5. The smallest absolute Gasteiger partial charge is 0.240 e. The lowest BCUT2D eigenvalue weighted by molar-refractivity contribution is -0.115. The molecule has 1 aromatic heterocycles. The molecule has 0 atom stereocenters. The molecule has 0 unspecified atom stereocenters. The fourth-order valence-corrected chi connectivity index (χ4v) is 4.50. The highest BCUT2D eigenvalue weighted by Crippen LogP contribution is 2.26. The zero-order valence-electron chi connectivity index (χ0n) is 17.7. The Hall–Kier alpha value is -2.74. The maximum Gasteiger partial charge on any atom is 0.240 e. The summed E-state index contributed by atoms with van der Waals surface area (Å²) in [6, 6.07) is 18.7. The summed E-state index contributed by atoms with van der Waals surface area (Å²) in [5, 5.41) is 8.88. The number of ether oxygens (including phenoxy) is 1. The summed E-state index contributed by atoms with van der Waals surface area (Å²) < 4.78 is 5.19. The number of anilines is 1. The van der Waals surface area contributed by atoms with Crippen LogP contribution in [-0.4, -0.2) is 48.6 Å². The molecule has 0 spiro atoms. The quantitative estimate of drug-likeness (QED) is 0.559. The van der Waals surface area contributed by atoms with Crippen molar-refractivity contribution in [3.8, 4) is 17.0 Å². The molecule has 2 N–H and O–H groups in total. The normalized spacial score (nSPS) is 15.0. The van der Waals surface area contributed by atoms with Gasteiger partial charge in [-0.05, 0) is 55.8 Å². The molecule has 1 aliphatic heterocycles. The summed E-state index contributed by atoms with van der Waals surface area (Å²) in [5.74, 6) is 0.756. The largest absolute Gasteiger partial charge is 0.497 e. The molecule has 1 fully saturated rings. The molecule has 6 nitrogen and oxygen atoms in total. The molecule has 0 aliphatic carbocycles. The average Bonchev–Trinajstić information content (AvgIpc) is 3.28. The van der Waals surface area contributed by atoms with Gasteiger partial charge in [-0.2, -0.15) is 0 Å². The Morgan fingerprint density at radius 1 is 1.13 bits per heavy atom. The highest BCUT2D eigenvalue weighted by molar-refractivity contribution is 7.14. The van der Waals surface area contributed by atoms with Gasteiger partial charge < -0.3 is 15.4 Å². The number of hydrogen-bond donors (Lipinski definition) is 2. The van der Waals surface area contributed by atoms with Gasteiger partial charge in [-0.25, -0.2) is 4.98 Å². The predicted octanol–water partition coefficient (Wildman–Crippen LogP) is 4.01. The number of methoxy groups -OCH3 is 1. The number of nitrogens with one attached hydrogen (secondary N) is 2. The van der Waals surface area contributed by atoms with Crippen LogP contribution in [0.15, 0.2) is 60.0 Å². The number of benzene rings is 2. The van der Waals surface area contributed by atoms with Gasteiger partial charge in [-0.15, -0.1) is 11.3 Å². The second kappa shape index (κ2) is 10.5. The molecule has 7 heteroatoms. The van der Waals surface area contributed by atoms with Crippen LogP contribution in [0.5, 0.6) is 5.75 Å². The van der Waals surface area contributed by atoms with Gasteiger partial charge in [-0.1, -0.05) is 30.3 Å². The monoisotopic (exact) mass is 436 g/mol. The second-order valence-corrected chi connectivity index (χ2v) is 8.59. The van der Waals surface area contributed by atoms with Gasteiger partial charge in [0.2, 0.25) is 5.91 Å². The first-order valence-electron chi connectivity index (χ1n) is 10.6. The van der Waals surface area contributed by atoms with E-state index in [1.54, 1.807) is 7.11 Å². The number of hydrogen-bond acceptors (Lipinski definition) is 6. The topological polar surface area (TPSA) is 66.5 Å². The number of amides is 1. The fourth-order valence-electron chi connectivity index (χ4n) is 3.76. The Kier molecular flexibility index (Phi) is 7.30. The van der Waals surface area contributed by atoms with Crippen LogP contribution < -0.4 is 15.4 Å². The minimum atomic E-state index is -0.0534. The summed E-state index contributed by atoms with van der Waals surface area (Å²) in [6.45, 7) is 3.40. The van der Waals surface area contributed by atoms with Crippen LogP contribution in [0.2, 0.25) is 0 Å². The van der Waals surface area contributed by atoms with Crippen LogP contribution in [0.1, 0.15) is 18.4 Å². The third kappa shape index (κ3) is 6.13. The van der Waals surface area contributed by atoms with E-state index < -0.39 is 0 Å². The van der Waals surface area contributed by atoms with Gasteiger partial charge >= 0.3 is 0 Å². The third-order valence-electron chi connectivity index (χ3n) is 5.52. The average molecular weight is 437 g/mol. The summed E-state index contributed by atoms with van der Waals surface area (Å²) in [6.07, 6.45) is 2.11. The van der Waals surface area contributed by atoms with E-state index in [1.807, 2.05) is 29.6 Å². The number of aromatic nitrogens is 1.